The monoisotopic (exact) mass is 465 g/mol. The maximum absolute atomic E-state index is 13.9. The summed E-state index contributed by atoms with van der Waals surface area (Å²) in [6, 6.07) is 12.2. The summed E-state index contributed by atoms with van der Waals surface area (Å²) in [5.74, 6) is -0.483. The van der Waals surface area contributed by atoms with Gasteiger partial charge in [-0.15, -0.1) is 0 Å². The molecule has 0 aliphatic carbocycles. The Morgan fingerprint density at radius 3 is 2.67 bits per heavy atom. The van der Waals surface area contributed by atoms with Gasteiger partial charge in [-0.2, -0.15) is 11.8 Å². The van der Waals surface area contributed by atoms with Crippen molar-refractivity contribution in [3.05, 3.63) is 48.0 Å². The van der Waals surface area contributed by atoms with Gasteiger partial charge in [0.2, 0.25) is 17.7 Å². The van der Waals surface area contributed by atoms with Crippen molar-refractivity contribution in [2.75, 3.05) is 35.4 Å². The first-order valence-corrected chi connectivity index (χ1v) is 12.4. The summed E-state index contributed by atoms with van der Waals surface area (Å²) in [7, 11) is 0. The number of benzene rings is 2. The van der Waals surface area contributed by atoms with E-state index in [4.69, 9.17) is 9.47 Å². The van der Waals surface area contributed by atoms with Crippen LogP contribution in [0.2, 0.25) is 0 Å². The summed E-state index contributed by atoms with van der Waals surface area (Å²) >= 11 is 1.67. The van der Waals surface area contributed by atoms with Crippen LogP contribution in [0.15, 0.2) is 42.5 Å². The molecular formula is C24H23N3O5S. The zero-order valence-electron chi connectivity index (χ0n) is 18.0. The van der Waals surface area contributed by atoms with Gasteiger partial charge < -0.3 is 14.8 Å². The second kappa shape index (κ2) is 7.50. The van der Waals surface area contributed by atoms with Crippen LogP contribution in [0.1, 0.15) is 12.0 Å². The lowest BCUT2D eigenvalue weighted by Gasteiger charge is -2.29. The van der Waals surface area contributed by atoms with E-state index in [0.29, 0.717) is 42.5 Å². The van der Waals surface area contributed by atoms with Crippen LogP contribution in [-0.2, 0) is 19.9 Å². The van der Waals surface area contributed by atoms with Crippen LogP contribution < -0.4 is 25.0 Å². The van der Waals surface area contributed by atoms with Crippen molar-refractivity contribution in [3.8, 4) is 11.5 Å². The normalized spacial score (nSPS) is 29.4. The van der Waals surface area contributed by atoms with Crippen molar-refractivity contribution in [3.63, 3.8) is 0 Å². The average molecular weight is 466 g/mol. The zero-order chi connectivity index (χ0) is 22.7. The number of fused-ring (bicyclic) bond motifs is 5. The Morgan fingerprint density at radius 2 is 1.85 bits per heavy atom. The van der Waals surface area contributed by atoms with Gasteiger partial charge in [0.1, 0.15) is 18.8 Å². The number of amides is 3. The minimum absolute atomic E-state index is 0.282. The molecule has 0 unspecified atom stereocenters. The Balaban J connectivity index is 1.46. The number of hydrogen-bond donors (Lipinski definition) is 2. The lowest BCUT2D eigenvalue weighted by atomic mass is 9.76. The SMILES string of the molecule is CSCC[C@@H]1N[C@]2(C(=O)Nc3ccccc32)[C@@H]2C(=O)N(c3ccc4c(c3)OCCO4)C(=O)[C@H]12. The number of carbonyl (C=O) groups is 3. The predicted octanol–water partition coefficient (Wildman–Crippen LogP) is 2.14. The molecule has 4 atom stereocenters. The summed E-state index contributed by atoms with van der Waals surface area (Å²) in [5, 5.41) is 6.38. The van der Waals surface area contributed by atoms with Gasteiger partial charge >= 0.3 is 0 Å². The largest absolute Gasteiger partial charge is 0.486 e. The molecule has 0 saturated carbocycles. The standard InChI is InChI=1S/C24H23N3O5S/c1-33-11-8-16-19-20(24(26-16)14-4-2-3-5-15(14)25-23(24)30)22(29)27(21(19)28)13-6-7-17-18(12-13)32-10-9-31-17/h2-7,12,16,19-20,26H,8-11H2,1H3,(H,25,30)/t16-,19+,20-,24-/m0/s1. The van der Waals surface area contributed by atoms with Crippen LogP contribution in [0.25, 0.3) is 0 Å². The van der Waals surface area contributed by atoms with E-state index in [1.54, 1.807) is 30.0 Å². The summed E-state index contributed by atoms with van der Waals surface area (Å²) in [5.41, 5.74) is 0.577. The van der Waals surface area contributed by atoms with Crippen LogP contribution in [0.4, 0.5) is 11.4 Å². The summed E-state index contributed by atoms with van der Waals surface area (Å²) in [6.07, 6.45) is 2.68. The maximum Gasteiger partial charge on any atom is 0.250 e. The third-order valence-corrected chi connectivity index (χ3v) is 7.68. The molecule has 2 aromatic rings. The molecule has 4 aliphatic heterocycles. The number of rotatable bonds is 4. The van der Waals surface area contributed by atoms with Crippen LogP contribution in [0.3, 0.4) is 0 Å². The number of anilines is 2. The van der Waals surface area contributed by atoms with Gasteiger partial charge in [-0.1, -0.05) is 18.2 Å². The van der Waals surface area contributed by atoms with Crippen molar-refractivity contribution < 1.29 is 23.9 Å². The number of nitrogens with one attached hydrogen (secondary N) is 2. The number of thioether (sulfide) groups is 1. The molecule has 0 bridgehead atoms. The van der Waals surface area contributed by atoms with Crippen molar-refractivity contribution in [1.82, 2.24) is 5.32 Å². The van der Waals surface area contributed by atoms with Crippen molar-refractivity contribution in [2.45, 2.75) is 18.0 Å². The number of hydrogen-bond acceptors (Lipinski definition) is 7. The Hall–Kier alpha value is -3.04. The first-order chi connectivity index (χ1) is 16.1. The third kappa shape index (κ3) is 2.78. The number of ether oxygens (including phenoxy) is 2. The zero-order valence-corrected chi connectivity index (χ0v) is 18.8. The van der Waals surface area contributed by atoms with Crippen molar-refractivity contribution in [2.24, 2.45) is 11.8 Å². The summed E-state index contributed by atoms with van der Waals surface area (Å²) in [4.78, 5) is 42.3. The van der Waals surface area contributed by atoms with Gasteiger partial charge in [0.05, 0.1) is 17.5 Å². The number of imide groups is 1. The predicted molar refractivity (Wildman–Crippen MR) is 124 cm³/mol. The molecule has 8 nitrogen and oxygen atoms in total. The lowest BCUT2D eigenvalue weighted by Crippen LogP contribution is -2.53. The highest BCUT2D eigenvalue weighted by Gasteiger charge is 2.70. The first kappa shape index (κ1) is 20.6. The fourth-order valence-electron chi connectivity index (χ4n) is 5.68. The van der Waals surface area contributed by atoms with Gasteiger partial charge in [0.15, 0.2) is 11.5 Å². The fourth-order valence-corrected chi connectivity index (χ4v) is 6.17. The summed E-state index contributed by atoms with van der Waals surface area (Å²) < 4.78 is 11.2. The van der Waals surface area contributed by atoms with Crippen LogP contribution >= 0.6 is 11.8 Å². The smallest absolute Gasteiger partial charge is 0.250 e. The molecule has 0 aromatic heterocycles. The minimum atomic E-state index is -1.26. The molecule has 170 valence electrons. The molecule has 4 aliphatic rings. The van der Waals surface area contributed by atoms with E-state index in [9.17, 15) is 14.4 Å². The molecule has 3 amide bonds. The van der Waals surface area contributed by atoms with Gasteiger partial charge in [-0.05, 0) is 36.6 Å². The van der Waals surface area contributed by atoms with E-state index in [-0.39, 0.29) is 23.8 Å². The topological polar surface area (TPSA) is 97.0 Å². The highest BCUT2D eigenvalue weighted by molar-refractivity contribution is 7.98. The lowest BCUT2D eigenvalue weighted by molar-refractivity contribution is -0.130. The van der Waals surface area contributed by atoms with Gasteiger partial charge in [-0.25, -0.2) is 4.90 Å². The van der Waals surface area contributed by atoms with E-state index < -0.39 is 17.4 Å². The van der Waals surface area contributed by atoms with Gasteiger partial charge in [0.25, 0.3) is 0 Å². The third-order valence-electron chi connectivity index (χ3n) is 7.04. The van der Waals surface area contributed by atoms with E-state index in [1.165, 1.54) is 4.90 Å². The molecule has 2 N–H and O–H groups in total. The highest BCUT2D eigenvalue weighted by atomic mass is 32.2. The Labute approximate surface area is 195 Å². The second-order valence-electron chi connectivity index (χ2n) is 8.68. The van der Waals surface area contributed by atoms with Crippen molar-refractivity contribution >= 4 is 40.9 Å². The van der Waals surface area contributed by atoms with Crippen LogP contribution in [0, 0.1) is 11.8 Å². The maximum atomic E-state index is 13.9. The van der Waals surface area contributed by atoms with E-state index >= 15 is 0 Å². The Kier molecular flexibility index (Phi) is 4.67. The number of carbonyl (C=O) groups excluding carboxylic acids is 3. The van der Waals surface area contributed by atoms with E-state index in [1.807, 2.05) is 30.5 Å². The second-order valence-corrected chi connectivity index (χ2v) is 9.67. The minimum Gasteiger partial charge on any atom is -0.486 e. The van der Waals surface area contributed by atoms with Gasteiger partial charge in [-0.3, -0.25) is 19.7 Å². The van der Waals surface area contributed by atoms with Gasteiger partial charge in [0, 0.05) is 23.4 Å². The fraction of sp³-hybridized carbons (Fsp3) is 0.375. The molecule has 33 heavy (non-hydrogen) atoms. The molecule has 2 fully saturated rings. The van der Waals surface area contributed by atoms with Crippen molar-refractivity contribution in [1.29, 1.82) is 0 Å². The molecule has 4 heterocycles. The Morgan fingerprint density at radius 1 is 1.06 bits per heavy atom. The summed E-state index contributed by atoms with van der Waals surface area (Å²) in [6.45, 7) is 0.863. The van der Waals surface area contributed by atoms with E-state index in [2.05, 4.69) is 10.6 Å². The highest BCUT2D eigenvalue weighted by Crippen LogP contribution is 2.54. The Bertz CT molecular complexity index is 1190. The first-order valence-electron chi connectivity index (χ1n) is 11.0. The number of para-hydroxylation sites is 1. The number of nitrogens with zero attached hydrogens (tertiary/aromatic N) is 1. The molecule has 9 heteroatoms. The molecular weight excluding hydrogens is 442 g/mol. The van der Waals surface area contributed by atoms with E-state index in [0.717, 1.165) is 11.3 Å². The molecule has 2 aromatic carbocycles. The average Bonchev–Trinajstić information content (AvgIpc) is 3.42. The van der Waals surface area contributed by atoms with Crippen LogP contribution in [-0.4, -0.2) is 49.0 Å². The molecule has 6 rings (SSSR count). The molecule has 0 radical (unpaired) electrons. The van der Waals surface area contributed by atoms with Crippen LogP contribution in [0.5, 0.6) is 11.5 Å². The molecule has 2 saturated heterocycles. The molecule has 1 spiro atoms. The quantitative estimate of drug-likeness (QED) is 0.668.